The maximum Gasteiger partial charge on any atom is 0.261 e. The van der Waals surface area contributed by atoms with Gasteiger partial charge in [-0.25, -0.2) is 8.42 Å². The minimum absolute atomic E-state index is 0.267. The fourth-order valence-electron chi connectivity index (χ4n) is 2.15. The summed E-state index contributed by atoms with van der Waals surface area (Å²) < 4.78 is 27.3. The molecule has 3 N–H and O–H groups in total. The lowest BCUT2D eigenvalue weighted by Gasteiger charge is -2.10. The Morgan fingerprint density at radius 1 is 1.00 bits per heavy atom. The van der Waals surface area contributed by atoms with Gasteiger partial charge in [0.05, 0.1) is 4.90 Å². The summed E-state index contributed by atoms with van der Waals surface area (Å²) in [6.07, 6.45) is 0.781. The van der Waals surface area contributed by atoms with Crippen molar-refractivity contribution in [3.05, 3.63) is 59.7 Å². The van der Waals surface area contributed by atoms with E-state index in [1.54, 1.807) is 24.3 Å². The average Bonchev–Trinajstić information content (AvgIpc) is 2.49. The SMILES string of the molecule is CC(C)c1ccc(S(=O)(=O)Nc2ccc(CCN)cc2)cc1. The molecule has 2 aromatic rings. The summed E-state index contributed by atoms with van der Waals surface area (Å²) in [5, 5.41) is 0. The molecule has 0 amide bonds. The molecule has 0 bridgehead atoms. The molecule has 2 aromatic carbocycles. The first-order chi connectivity index (χ1) is 10.4. The monoisotopic (exact) mass is 318 g/mol. The van der Waals surface area contributed by atoms with Gasteiger partial charge in [0.1, 0.15) is 0 Å². The zero-order valence-corrected chi connectivity index (χ0v) is 13.7. The largest absolute Gasteiger partial charge is 0.330 e. The number of hydrogen-bond acceptors (Lipinski definition) is 3. The van der Waals surface area contributed by atoms with Crippen molar-refractivity contribution in [2.75, 3.05) is 11.3 Å². The van der Waals surface area contributed by atoms with E-state index in [1.807, 2.05) is 24.3 Å². The zero-order chi connectivity index (χ0) is 16.2. The van der Waals surface area contributed by atoms with Crippen LogP contribution in [-0.2, 0) is 16.4 Å². The summed E-state index contributed by atoms with van der Waals surface area (Å²) in [5.41, 5.74) is 8.25. The number of anilines is 1. The van der Waals surface area contributed by atoms with Crippen molar-refractivity contribution in [1.29, 1.82) is 0 Å². The van der Waals surface area contributed by atoms with Gasteiger partial charge in [-0.1, -0.05) is 38.1 Å². The number of rotatable bonds is 6. The van der Waals surface area contributed by atoms with Crippen molar-refractivity contribution >= 4 is 15.7 Å². The molecule has 4 nitrogen and oxygen atoms in total. The van der Waals surface area contributed by atoms with Crippen LogP contribution in [-0.4, -0.2) is 15.0 Å². The van der Waals surface area contributed by atoms with Gasteiger partial charge in [-0.2, -0.15) is 0 Å². The summed E-state index contributed by atoms with van der Waals surface area (Å²) in [6.45, 7) is 4.72. The topological polar surface area (TPSA) is 72.2 Å². The van der Waals surface area contributed by atoms with E-state index in [0.717, 1.165) is 17.5 Å². The molecule has 0 fully saturated rings. The van der Waals surface area contributed by atoms with E-state index >= 15 is 0 Å². The lowest BCUT2D eigenvalue weighted by Crippen LogP contribution is -2.13. The smallest absolute Gasteiger partial charge is 0.261 e. The number of sulfonamides is 1. The van der Waals surface area contributed by atoms with Crippen LogP contribution in [0.2, 0.25) is 0 Å². The van der Waals surface area contributed by atoms with Crippen LogP contribution in [0, 0.1) is 0 Å². The summed E-state index contributed by atoms with van der Waals surface area (Å²) in [7, 11) is -3.56. The second-order valence-corrected chi connectivity index (χ2v) is 7.25. The number of hydrogen-bond donors (Lipinski definition) is 2. The molecule has 0 saturated carbocycles. The van der Waals surface area contributed by atoms with Gasteiger partial charge < -0.3 is 5.73 Å². The molecular weight excluding hydrogens is 296 g/mol. The molecule has 5 heteroatoms. The van der Waals surface area contributed by atoms with E-state index in [2.05, 4.69) is 18.6 Å². The highest BCUT2D eigenvalue weighted by Crippen LogP contribution is 2.20. The molecule has 0 aliphatic carbocycles. The molecule has 0 unspecified atom stereocenters. The predicted octanol–water partition coefficient (Wildman–Crippen LogP) is 3.11. The highest BCUT2D eigenvalue weighted by atomic mass is 32.2. The van der Waals surface area contributed by atoms with Crippen molar-refractivity contribution in [3.8, 4) is 0 Å². The van der Waals surface area contributed by atoms with Crippen molar-refractivity contribution in [1.82, 2.24) is 0 Å². The lowest BCUT2D eigenvalue weighted by atomic mass is 10.0. The molecule has 0 radical (unpaired) electrons. The van der Waals surface area contributed by atoms with Gasteiger partial charge in [0, 0.05) is 5.69 Å². The maximum atomic E-state index is 12.4. The normalized spacial score (nSPS) is 11.6. The van der Waals surface area contributed by atoms with E-state index in [9.17, 15) is 8.42 Å². The molecule has 0 atom stereocenters. The first-order valence-electron chi connectivity index (χ1n) is 7.34. The Labute approximate surface area is 132 Å². The first kappa shape index (κ1) is 16.5. The van der Waals surface area contributed by atoms with Crippen molar-refractivity contribution in [2.24, 2.45) is 5.73 Å². The molecule has 0 aliphatic heterocycles. The lowest BCUT2D eigenvalue weighted by molar-refractivity contribution is 0.601. The molecule has 0 aliphatic rings. The highest BCUT2D eigenvalue weighted by Gasteiger charge is 2.14. The summed E-state index contributed by atoms with van der Waals surface area (Å²) >= 11 is 0. The third kappa shape index (κ3) is 4.08. The van der Waals surface area contributed by atoms with Gasteiger partial charge >= 0.3 is 0 Å². The standard InChI is InChI=1S/C17H22N2O2S/c1-13(2)15-5-9-17(10-6-15)22(20,21)19-16-7-3-14(4-8-16)11-12-18/h3-10,13,19H,11-12,18H2,1-2H3. The van der Waals surface area contributed by atoms with Gasteiger partial charge in [0.25, 0.3) is 10.0 Å². The highest BCUT2D eigenvalue weighted by molar-refractivity contribution is 7.92. The minimum Gasteiger partial charge on any atom is -0.330 e. The van der Waals surface area contributed by atoms with Crippen LogP contribution in [0.3, 0.4) is 0 Å². The van der Waals surface area contributed by atoms with E-state index < -0.39 is 10.0 Å². The van der Waals surface area contributed by atoms with Crippen LogP contribution >= 0.6 is 0 Å². The molecule has 0 heterocycles. The maximum absolute atomic E-state index is 12.4. The number of nitrogens with one attached hydrogen (secondary N) is 1. The van der Waals surface area contributed by atoms with Crippen LogP contribution in [0.1, 0.15) is 30.9 Å². The molecule has 0 saturated heterocycles. The van der Waals surface area contributed by atoms with Crippen LogP contribution in [0.4, 0.5) is 5.69 Å². The quantitative estimate of drug-likeness (QED) is 0.859. The third-order valence-corrected chi connectivity index (χ3v) is 4.89. The summed E-state index contributed by atoms with van der Waals surface area (Å²) in [4.78, 5) is 0.267. The molecule has 0 spiro atoms. The Balaban J connectivity index is 2.16. The van der Waals surface area contributed by atoms with Gasteiger partial charge in [-0.3, -0.25) is 4.72 Å². The van der Waals surface area contributed by atoms with Crippen LogP contribution in [0.25, 0.3) is 0 Å². The van der Waals surface area contributed by atoms with Crippen molar-refractivity contribution in [3.63, 3.8) is 0 Å². The van der Waals surface area contributed by atoms with Gasteiger partial charge in [0.15, 0.2) is 0 Å². The Bertz CT molecular complexity index is 705. The molecule has 118 valence electrons. The Kier molecular flexibility index (Phi) is 5.21. The van der Waals surface area contributed by atoms with Crippen molar-refractivity contribution in [2.45, 2.75) is 31.1 Å². The third-order valence-electron chi connectivity index (χ3n) is 3.50. The Morgan fingerprint density at radius 3 is 2.09 bits per heavy atom. The second-order valence-electron chi connectivity index (χ2n) is 5.56. The molecule has 2 rings (SSSR count). The second kappa shape index (κ2) is 6.94. The van der Waals surface area contributed by atoms with Gasteiger partial charge in [0.2, 0.25) is 0 Å². The van der Waals surface area contributed by atoms with Crippen LogP contribution < -0.4 is 10.5 Å². The fraction of sp³-hybridized carbons (Fsp3) is 0.294. The minimum atomic E-state index is -3.56. The Hall–Kier alpha value is -1.85. The summed E-state index contributed by atoms with van der Waals surface area (Å²) in [5.74, 6) is 0.375. The molecular formula is C17H22N2O2S. The van der Waals surface area contributed by atoms with Gasteiger partial charge in [-0.05, 0) is 54.3 Å². The fourth-order valence-corrected chi connectivity index (χ4v) is 3.21. The predicted molar refractivity (Wildman–Crippen MR) is 90.5 cm³/mol. The zero-order valence-electron chi connectivity index (χ0n) is 12.9. The van der Waals surface area contributed by atoms with E-state index in [4.69, 9.17) is 5.73 Å². The van der Waals surface area contributed by atoms with E-state index in [-0.39, 0.29) is 4.90 Å². The van der Waals surface area contributed by atoms with Crippen molar-refractivity contribution < 1.29 is 8.42 Å². The molecule has 0 aromatic heterocycles. The van der Waals surface area contributed by atoms with Gasteiger partial charge in [-0.15, -0.1) is 0 Å². The number of benzene rings is 2. The Morgan fingerprint density at radius 2 is 1.59 bits per heavy atom. The summed E-state index contributed by atoms with van der Waals surface area (Å²) in [6, 6.07) is 14.3. The first-order valence-corrected chi connectivity index (χ1v) is 8.82. The van der Waals surface area contributed by atoms with Crippen LogP contribution in [0.5, 0.6) is 0 Å². The van der Waals surface area contributed by atoms with Crippen LogP contribution in [0.15, 0.2) is 53.4 Å². The number of nitrogens with two attached hydrogens (primary N) is 1. The van der Waals surface area contributed by atoms with E-state index in [1.165, 1.54) is 0 Å². The van der Waals surface area contributed by atoms with E-state index in [0.29, 0.717) is 18.2 Å². The molecule has 22 heavy (non-hydrogen) atoms. The average molecular weight is 318 g/mol.